The van der Waals surface area contributed by atoms with Crippen LogP contribution < -0.4 is 5.32 Å². The lowest BCUT2D eigenvalue weighted by Crippen LogP contribution is -2.55. The van der Waals surface area contributed by atoms with Crippen molar-refractivity contribution in [2.45, 2.75) is 109 Å². The number of esters is 1. The third-order valence-corrected chi connectivity index (χ3v) is 11.9. The molecule has 0 spiro atoms. The monoisotopic (exact) mass is 798 g/mol. The number of aliphatic carboxylic acids is 1. The topological polar surface area (TPSA) is 138 Å². The van der Waals surface area contributed by atoms with Gasteiger partial charge in [-0.2, -0.15) is 0 Å². The van der Waals surface area contributed by atoms with Gasteiger partial charge in [-0.3, -0.25) is 19.9 Å². The number of carboxylic acids is 1. The molecule has 3 fully saturated rings. The van der Waals surface area contributed by atoms with Crippen molar-refractivity contribution in [1.82, 2.24) is 20.1 Å². The zero-order valence-corrected chi connectivity index (χ0v) is 34.0. The minimum atomic E-state index is -0.948. The van der Waals surface area contributed by atoms with Gasteiger partial charge in [0.25, 0.3) is 0 Å². The van der Waals surface area contributed by atoms with Gasteiger partial charge in [0.05, 0.1) is 24.9 Å². The van der Waals surface area contributed by atoms with E-state index in [1.54, 1.807) is 23.6 Å². The first kappa shape index (κ1) is 41.9. The van der Waals surface area contributed by atoms with Crippen LogP contribution >= 0.6 is 11.6 Å². The molecule has 2 amide bonds. The van der Waals surface area contributed by atoms with Crippen LogP contribution in [-0.2, 0) is 43.1 Å². The van der Waals surface area contributed by atoms with Gasteiger partial charge in [-0.25, -0.2) is 9.59 Å². The van der Waals surface area contributed by atoms with Gasteiger partial charge in [-0.05, 0) is 125 Å². The number of carboxylic acid groups (broad SMARTS) is 1. The molecule has 2 aliphatic carbocycles. The highest BCUT2D eigenvalue weighted by Gasteiger charge is 2.49. The molecule has 2 N–H and O–H groups in total. The maximum Gasteiger partial charge on any atom is 0.409 e. The SMILES string of the molecule is CCOC(=O)N1CCC(=C2c3ccc(Cl)cc3CCc3cccnc32)CC1.CCOC(=O)[C@H](CCc1ccccc1)N[C@@H](C)C(=O)N1[C@H](C(=O)O)C[C@@H]2CCC[C@@H]21. The molecule has 5 atom stereocenters. The Morgan fingerprint density at radius 1 is 0.930 bits per heavy atom. The number of fused-ring (bicyclic) bond motifs is 3. The predicted octanol–water partition coefficient (Wildman–Crippen LogP) is 7.27. The van der Waals surface area contributed by atoms with Crippen LogP contribution in [0.1, 0.15) is 93.7 Å². The second-order valence-electron chi connectivity index (χ2n) is 15.3. The fraction of sp³-hybridized carbons (Fsp3) is 0.489. The van der Waals surface area contributed by atoms with Crippen LogP contribution in [0, 0.1) is 5.92 Å². The van der Waals surface area contributed by atoms with Crippen LogP contribution in [0.4, 0.5) is 4.79 Å². The number of piperidine rings is 1. The molecule has 7 rings (SSSR count). The van der Waals surface area contributed by atoms with Gasteiger partial charge in [-0.15, -0.1) is 0 Å². The molecule has 0 bridgehead atoms. The van der Waals surface area contributed by atoms with Crippen LogP contribution in [0.25, 0.3) is 5.57 Å². The van der Waals surface area contributed by atoms with Crippen LogP contribution in [0.2, 0.25) is 5.02 Å². The Morgan fingerprint density at radius 3 is 2.39 bits per heavy atom. The summed E-state index contributed by atoms with van der Waals surface area (Å²) in [7, 11) is 0. The summed E-state index contributed by atoms with van der Waals surface area (Å²) in [6, 6.07) is 18.1. The van der Waals surface area contributed by atoms with Crippen LogP contribution in [0.5, 0.6) is 0 Å². The molecule has 304 valence electrons. The Morgan fingerprint density at radius 2 is 1.67 bits per heavy atom. The average molecular weight is 799 g/mol. The van der Waals surface area contributed by atoms with Crippen molar-refractivity contribution >= 4 is 41.1 Å². The predicted molar refractivity (Wildman–Crippen MR) is 219 cm³/mol. The maximum absolute atomic E-state index is 13.2. The first-order valence-corrected chi connectivity index (χ1v) is 20.9. The van der Waals surface area contributed by atoms with Crippen molar-refractivity contribution in [3.63, 3.8) is 0 Å². The molecule has 1 aromatic heterocycles. The molecular formula is C45H55ClN4O7. The van der Waals surface area contributed by atoms with Crippen molar-refractivity contribution in [3.05, 3.63) is 105 Å². The largest absolute Gasteiger partial charge is 0.480 e. The fourth-order valence-electron chi connectivity index (χ4n) is 8.95. The summed E-state index contributed by atoms with van der Waals surface area (Å²) in [6.07, 6.45) is 9.79. The number of aromatic nitrogens is 1. The molecule has 2 saturated heterocycles. The molecule has 0 unspecified atom stereocenters. The molecule has 2 aliphatic heterocycles. The van der Waals surface area contributed by atoms with Gasteiger partial charge in [-0.1, -0.05) is 66.1 Å². The van der Waals surface area contributed by atoms with Crippen molar-refractivity contribution in [2.24, 2.45) is 5.92 Å². The second kappa shape index (κ2) is 19.6. The lowest BCUT2D eigenvalue weighted by Gasteiger charge is -2.31. The summed E-state index contributed by atoms with van der Waals surface area (Å²) in [5.74, 6) is -1.31. The number of likely N-dealkylation sites (tertiary alicyclic amines) is 2. The fourth-order valence-corrected chi connectivity index (χ4v) is 9.14. The minimum Gasteiger partial charge on any atom is -0.480 e. The second-order valence-corrected chi connectivity index (χ2v) is 15.7. The number of rotatable bonds is 10. The smallest absolute Gasteiger partial charge is 0.409 e. The first-order valence-electron chi connectivity index (χ1n) is 20.5. The van der Waals surface area contributed by atoms with E-state index in [2.05, 4.69) is 23.5 Å². The number of aryl methyl sites for hydroxylation is 3. The standard InChI is InChI=1S/C23H32N2O5.C22H23ClN2O2/c1-3-30-23(29)18(13-12-16-8-5-4-6-9-16)24-15(2)21(26)25-19-11-7-10-17(19)14-20(25)22(27)28;1-2-27-22(26)25-12-9-15(10-13-25)20-19-8-7-18(23)14-17(19)6-5-16-4-3-11-24-21(16)20/h4-6,8-9,15,17-20,24H,3,7,10-14H2,1-2H3,(H,27,28);3-4,7-8,11,14H,2,5-6,9-10,12-13H2,1H3/t15-,17-,18-,19-,20-;/m0./s1. The summed E-state index contributed by atoms with van der Waals surface area (Å²) in [6.45, 7) is 7.34. The van der Waals surface area contributed by atoms with Crippen molar-refractivity contribution in [1.29, 1.82) is 0 Å². The molecule has 0 radical (unpaired) electrons. The van der Waals surface area contributed by atoms with Gasteiger partial charge < -0.3 is 24.4 Å². The van der Waals surface area contributed by atoms with Gasteiger partial charge in [0.15, 0.2) is 0 Å². The molecule has 3 heterocycles. The maximum atomic E-state index is 13.2. The van der Waals surface area contributed by atoms with E-state index in [0.29, 0.717) is 39.0 Å². The van der Waals surface area contributed by atoms with Crippen molar-refractivity contribution < 1.29 is 33.8 Å². The van der Waals surface area contributed by atoms with E-state index in [1.165, 1.54) is 27.8 Å². The summed E-state index contributed by atoms with van der Waals surface area (Å²) in [4.78, 5) is 57.6. The van der Waals surface area contributed by atoms with E-state index in [-0.39, 0.29) is 36.5 Å². The van der Waals surface area contributed by atoms with E-state index in [4.69, 9.17) is 26.1 Å². The molecular weight excluding hydrogens is 744 g/mol. The number of nitrogens with one attached hydrogen (secondary N) is 1. The Bertz CT molecular complexity index is 1930. The highest BCUT2D eigenvalue weighted by Crippen LogP contribution is 2.42. The number of pyridine rings is 1. The highest BCUT2D eigenvalue weighted by molar-refractivity contribution is 6.30. The molecule has 11 nitrogen and oxygen atoms in total. The van der Waals surface area contributed by atoms with Crippen molar-refractivity contribution in [3.8, 4) is 0 Å². The Labute approximate surface area is 340 Å². The summed E-state index contributed by atoms with van der Waals surface area (Å²) in [5, 5.41) is 13.5. The van der Waals surface area contributed by atoms with Gasteiger partial charge in [0.1, 0.15) is 12.1 Å². The number of ether oxygens (including phenoxy) is 2. The molecule has 4 aliphatic rings. The number of amides is 2. The van der Waals surface area contributed by atoms with Gasteiger partial charge in [0.2, 0.25) is 5.91 Å². The van der Waals surface area contributed by atoms with Gasteiger partial charge >= 0.3 is 18.0 Å². The van der Waals surface area contributed by atoms with Crippen LogP contribution in [0.3, 0.4) is 0 Å². The number of carbonyl (C=O) groups excluding carboxylic acids is 3. The van der Waals surface area contributed by atoms with E-state index in [0.717, 1.165) is 61.2 Å². The lowest BCUT2D eigenvalue weighted by atomic mass is 9.88. The summed E-state index contributed by atoms with van der Waals surface area (Å²) in [5.41, 5.74) is 8.57. The summed E-state index contributed by atoms with van der Waals surface area (Å²) < 4.78 is 10.4. The van der Waals surface area contributed by atoms with Gasteiger partial charge in [0, 0.05) is 35.9 Å². The molecule has 57 heavy (non-hydrogen) atoms. The molecule has 1 saturated carbocycles. The summed E-state index contributed by atoms with van der Waals surface area (Å²) >= 11 is 6.27. The Hall–Kier alpha value is -4.74. The average Bonchev–Trinajstić information content (AvgIpc) is 3.78. The van der Waals surface area contributed by atoms with Crippen LogP contribution in [0.15, 0.2) is 72.4 Å². The van der Waals surface area contributed by atoms with Crippen LogP contribution in [-0.4, -0.2) is 94.3 Å². The molecule has 3 aromatic rings. The normalized spacial score (nSPS) is 20.9. The highest BCUT2D eigenvalue weighted by atomic mass is 35.5. The number of carbonyl (C=O) groups is 4. The minimum absolute atomic E-state index is 0.00629. The number of hydrogen-bond donors (Lipinski definition) is 2. The Balaban J connectivity index is 0.000000194. The molecule has 12 heteroatoms. The third-order valence-electron chi connectivity index (χ3n) is 11.7. The Kier molecular flexibility index (Phi) is 14.4. The zero-order chi connectivity index (χ0) is 40.5. The van der Waals surface area contributed by atoms with E-state index >= 15 is 0 Å². The third kappa shape index (κ3) is 10.0. The number of benzene rings is 2. The number of hydrogen-bond acceptors (Lipinski definition) is 8. The van der Waals surface area contributed by atoms with E-state index in [9.17, 15) is 24.3 Å². The van der Waals surface area contributed by atoms with Crippen molar-refractivity contribution in [2.75, 3.05) is 26.3 Å². The first-order chi connectivity index (χ1) is 27.6. The van der Waals surface area contributed by atoms with E-state index < -0.39 is 24.1 Å². The van der Waals surface area contributed by atoms with E-state index in [1.807, 2.05) is 55.6 Å². The number of halogens is 1. The lowest BCUT2D eigenvalue weighted by molar-refractivity contribution is -0.151. The zero-order valence-electron chi connectivity index (χ0n) is 33.3. The molecule has 2 aromatic carbocycles. The quantitative estimate of drug-likeness (QED) is 0.203. The number of nitrogens with zero attached hydrogens (tertiary/aromatic N) is 3.